The highest BCUT2D eigenvalue weighted by Gasteiger charge is 2.35. The van der Waals surface area contributed by atoms with Gasteiger partial charge in [0.1, 0.15) is 0 Å². The van der Waals surface area contributed by atoms with Crippen LogP contribution in [0.2, 0.25) is 0 Å². The molecule has 0 unspecified atom stereocenters. The molecule has 0 aromatic carbocycles. The Hall–Kier alpha value is -0.0800. The van der Waals surface area contributed by atoms with E-state index in [1.165, 1.54) is 51.4 Å². The standard InChI is InChI=1S/C16H31NO/c1-3-11-17-13-16(9-6-14(2)7-10-16)18-12-8-15-4-5-15/h14-15,17H,3-13H2,1-2H3. The summed E-state index contributed by atoms with van der Waals surface area (Å²) in [7, 11) is 0. The largest absolute Gasteiger partial charge is 0.374 e. The normalized spacial score (nSPS) is 32.7. The van der Waals surface area contributed by atoms with Crippen molar-refractivity contribution in [2.45, 2.75) is 70.8 Å². The van der Waals surface area contributed by atoms with Gasteiger partial charge in [0.15, 0.2) is 0 Å². The molecule has 0 aromatic rings. The molecule has 2 aliphatic carbocycles. The lowest BCUT2D eigenvalue weighted by Gasteiger charge is -2.39. The van der Waals surface area contributed by atoms with Crippen LogP contribution >= 0.6 is 0 Å². The van der Waals surface area contributed by atoms with Crippen molar-refractivity contribution in [3.05, 3.63) is 0 Å². The van der Waals surface area contributed by atoms with Crippen molar-refractivity contribution in [2.75, 3.05) is 19.7 Å². The topological polar surface area (TPSA) is 21.3 Å². The van der Waals surface area contributed by atoms with Gasteiger partial charge in [-0.3, -0.25) is 0 Å². The highest BCUT2D eigenvalue weighted by Crippen LogP contribution is 2.36. The van der Waals surface area contributed by atoms with Crippen molar-refractivity contribution in [3.63, 3.8) is 0 Å². The lowest BCUT2D eigenvalue weighted by molar-refractivity contribution is -0.0768. The predicted octanol–water partition coefficient (Wildman–Crippen LogP) is 3.75. The van der Waals surface area contributed by atoms with E-state index in [-0.39, 0.29) is 5.60 Å². The second kappa shape index (κ2) is 6.91. The summed E-state index contributed by atoms with van der Waals surface area (Å²) in [5.41, 5.74) is 0.163. The van der Waals surface area contributed by atoms with Crippen LogP contribution in [-0.2, 0) is 4.74 Å². The van der Waals surface area contributed by atoms with Gasteiger partial charge in [-0.25, -0.2) is 0 Å². The Morgan fingerprint density at radius 3 is 2.50 bits per heavy atom. The maximum Gasteiger partial charge on any atom is 0.0806 e. The minimum atomic E-state index is 0.163. The van der Waals surface area contributed by atoms with E-state index in [1.807, 2.05) is 0 Å². The Morgan fingerprint density at radius 1 is 1.17 bits per heavy atom. The van der Waals surface area contributed by atoms with Gasteiger partial charge in [-0.2, -0.15) is 0 Å². The van der Waals surface area contributed by atoms with Crippen molar-refractivity contribution in [1.29, 1.82) is 0 Å². The molecule has 1 N–H and O–H groups in total. The summed E-state index contributed by atoms with van der Waals surface area (Å²) < 4.78 is 6.35. The van der Waals surface area contributed by atoms with Gasteiger partial charge in [0.25, 0.3) is 0 Å². The van der Waals surface area contributed by atoms with Gasteiger partial charge in [0.05, 0.1) is 5.60 Å². The van der Waals surface area contributed by atoms with Gasteiger partial charge >= 0.3 is 0 Å². The fraction of sp³-hybridized carbons (Fsp3) is 1.00. The summed E-state index contributed by atoms with van der Waals surface area (Å²) in [6.45, 7) is 7.80. The molecular weight excluding hydrogens is 222 g/mol. The summed E-state index contributed by atoms with van der Waals surface area (Å²) in [4.78, 5) is 0. The molecule has 0 radical (unpaired) electrons. The van der Waals surface area contributed by atoms with Crippen LogP contribution in [0.1, 0.15) is 65.2 Å². The molecular formula is C16H31NO. The third-order valence-electron chi connectivity index (χ3n) is 4.69. The molecule has 2 fully saturated rings. The Balaban J connectivity index is 1.76. The molecule has 0 aliphatic heterocycles. The zero-order valence-electron chi connectivity index (χ0n) is 12.3. The fourth-order valence-electron chi connectivity index (χ4n) is 3.00. The van der Waals surface area contributed by atoms with Gasteiger partial charge in [0.2, 0.25) is 0 Å². The van der Waals surface area contributed by atoms with Crippen LogP contribution in [0.3, 0.4) is 0 Å². The summed E-state index contributed by atoms with van der Waals surface area (Å²) in [6.07, 6.45) is 10.6. The van der Waals surface area contributed by atoms with Gasteiger partial charge in [-0.05, 0) is 56.9 Å². The van der Waals surface area contributed by atoms with E-state index in [0.29, 0.717) is 0 Å². The molecule has 2 rings (SSSR count). The molecule has 2 aliphatic rings. The van der Waals surface area contributed by atoms with Crippen molar-refractivity contribution in [1.82, 2.24) is 5.32 Å². The molecule has 0 heterocycles. The Morgan fingerprint density at radius 2 is 1.89 bits per heavy atom. The van der Waals surface area contributed by atoms with Crippen molar-refractivity contribution >= 4 is 0 Å². The average molecular weight is 253 g/mol. The molecule has 0 amide bonds. The third-order valence-corrected chi connectivity index (χ3v) is 4.69. The van der Waals surface area contributed by atoms with Crippen LogP contribution in [-0.4, -0.2) is 25.3 Å². The number of nitrogens with one attached hydrogen (secondary N) is 1. The zero-order valence-corrected chi connectivity index (χ0v) is 12.3. The molecule has 2 heteroatoms. The third kappa shape index (κ3) is 4.55. The van der Waals surface area contributed by atoms with Crippen LogP contribution < -0.4 is 5.32 Å². The Kier molecular flexibility index (Phi) is 5.50. The molecule has 2 nitrogen and oxygen atoms in total. The molecule has 2 saturated carbocycles. The molecule has 0 spiro atoms. The lowest BCUT2D eigenvalue weighted by atomic mass is 9.79. The van der Waals surface area contributed by atoms with Crippen LogP contribution in [0.25, 0.3) is 0 Å². The number of rotatable bonds is 8. The fourth-order valence-corrected chi connectivity index (χ4v) is 3.00. The first-order valence-corrected chi connectivity index (χ1v) is 8.09. The van der Waals surface area contributed by atoms with Crippen molar-refractivity contribution in [3.8, 4) is 0 Å². The first kappa shape index (κ1) is 14.3. The SMILES string of the molecule is CCCNCC1(OCCC2CC2)CCC(C)CC1. The first-order chi connectivity index (χ1) is 8.74. The second-order valence-corrected chi connectivity index (χ2v) is 6.62. The average Bonchev–Trinajstić information content (AvgIpc) is 3.17. The smallest absolute Gasteiger partial charge is 0.0806 e. The van der Waals surface area contributed by atoms with E-state index in [2.05, 4.69) is 19.2 Å². The van der Waals surface area contributed by atoms with E-state index in [1.54, 1.807) is 0 Å². The van der Waals surface area contributed by atoms with E-state index >= 15 is 0 Å². The highest BCUT2D eigenvalue weighted by atomic mass is 16.5. The van der Waals surface area contributed by atoms with Gasteiger partial charge in [0, 0.05) is 13.2 Å². The molecule has 0 aromatic heterocycles. The Labute approximate surface area is 113 Å². The summed E-state index contributed by atoms with van der Waals surface area (Å²) in [5.74, 6) is 1.89. The van der Waals surface area contributed by atoms with E-state index in [4.69, 9.17) is 4.74 Å². The van der Waals surface area contributed by atoms with Crippen LogP contribution in [0.5, 0.6) is 0 Å². The van der Waals surface area contributed by atoms with E-state index in [0.717, 1.165) is 31.5 Å². The maximum absolute atomic E-state index is 6.35. The summed E-state index contributed by atoms with van der Waals surface area (Å²) in [5, 5.41) is 3.59. The number of ether oxygens (including phenoxy) is 1. The molecule has 18 heavy (non-hydrogen) atoms. The summed E-state index contributed by atoms with van der Waals surface area (Å²) in [6, 6.07) is 0. The highest BCUT2D eigenvalue weighted by molar-refractivity contribution is 4.89. The van der Waals surface area contributed by atoms with Crippen molar-refractivity contribution < 1.29 is 4.74 Å². The van der Waals surface area contributed by atoms with Gasteiger partial charge < -0.3 is 10.1 Å². The monoisotopic (exact) mass is 253 g/mol. The van der Waals surface area contributed by atoms with Crippen LogP contribution in [0.15, 0.2) is 0 Å². The zero-order chi connectivity index (χ0) is 12.8. The first-order valence-electron chi connectivity index (χ1n) is 8.09. The Bertz CT molecular complexity index is 229. The molecule has 106 valence electrons. The quantitative estimate of drug-likeness (QED) is 0.665. The van der Waals surface area contributed by atoms with Crippen LogP contribution in [0, 0.1) is 11.8 Å². The van der Waals surface area contributed by atoms with E-state index < -0.39 is 0 Å². The number of hydrogen-bond donors (Lipinski definition) is 1. The van der Waals surface area contributed by atoms with Gasteiger partial charge in [-0.15, -0.1) is 0 Å². The predicted molar refractivity (Wildman–Crippen MR) is 76.8 cm³/mol. The van der Waals surface area contributed by atoms with E-state index in [9.17, 15) is 0 Å². The summed E-state index contributed by atoms with van der Waals surface area (Å²) >= 11 is 0. The molecule has 0 bridgehead atoms. The van der Waals surface area contributed by atoms with Crippen LogP contribution in [0.4, 0.5) is 0 Å². The lowest BCUT2D eigenvalue weighted by Crippen LogP contribution is -2.46. The minimum absolute atomic E-state index is 0.163. The molecule has 0 saturated heterocycles. The van der Waals surface area contributed by atoms with Gasteiger partial charge in [-0.1, -0.05) is 26.7 Å². The minimum Gasteiger partial charge on any atom is -0.374 e. The molecule has 0 atom stereocenters. The number of hydrogen-bond acceptors (Lipinski definition) is 2. The maximum atomic E-state index is 6.35. The van der Waals surface area contributed by atoms with Crippen molar-refractivity contribution in [2.24, 2.45) is 11.8 Å². The second-order valence-electron chi connectivity index (χ2n) is 6.62.